The third-order valence-electron chi connectivity index (χ3n) is 3.95. The maximum absolute atomic E-state index is 12.2. The Morgan fingerprint density at radius 3 is 2.68 bits per heavy atom. The van der Waals surface area contributed by atoms with Crippen LogP contribution in [0.2, 0.25) is 10.0 Å². The van der Waals surface area contributed by atoms with Crippen molar-refractivity contribution >= 4 is 29.1 Å². The predicted molar refractivity (Wildman–Crippen MR) is 89.8 cm³/mol. The lowest BCUT2D eigenvalue weighted by Gasteiger charge is -2.32. The van der Waals surface area contributed by atoms with Gasteiger partial charge in [0.2, 0.25) is 0 Å². The molecule has 0 aliphatic carbocycles. The number of carbonyl (C=O) groups is 1. The molecule has 2 rings (SSSR count). The molecule has 122 valence electrons. The molecular formula is C16H22Cl2N2O2. The van der Waals surface area contributed by atoms with Gasteiger partial charge in [-0.2, -0.15) is 0 Å². The molecule has 0 spiro atoms. The number of ether oxygens (including phenoxy) is 1. The van der Waals surface area contributed by atoms with Crippen LogP contribution in [-0.2, 0) is 4.79 Å². The SMILES string of the molecule is CCN1CCC(NC(=O)[C@@H](C)Oc2ccc(Cl)cc2Cl)CC1. The number of benzene rings is 1. The van der Waals surface area contributed by atoms with Gasteiger partial charge < -0.3 is 15.0 Å². The monoisotopic (exact) mass is 344 g/mol. The second-order valence-electron chi connectivity index (χ2n) is 5.55. The summed E-state index contributed by atoms with van der Waals surface area (Å²) in [4.78, 5) is 14.6. The van der Waals surface area contributed by atoms with Crippen molar-refractivity contribution in [3.05, 3.63) is 28.2 Å². The Bertz CT molecular complexity index is 517. The highest BCUT2D eigenvalue weighted by Crippen LogP contribution is 2.28. The molecule has 0 saturated carbocycles. The van der Waals surface area contributed by atoms with Gasteiger partial charge in [0.05, 0.1) is 5.02 Å². The van der Waals surface area contributed by atoms with E-state index in [4.69, 9.17) is 27.9 Å². The molecule has 0 radical (unpaired) electrons. The molecule has 1 amide bonds. The molecule has 1 aromatic carbocycles. The number of carbonyl (C=O) groups excluding carboxylic acids is 1. The van der Waals surface area contributed by atoms with Crippen LogP contribution in [-0.4, -0.2) is 42.6 Å². The third kappa shape index (κ3) is 4.77. The molecule has 1 aromatic rings. The van der Waals surface area contributed by atoms with Crippen molar-refractivity contribution in [2.75, 3.05) is 19.6 Å². The molecule has 0 aromatic heterocycles. The van der Waals surface area contributed by atoms with E-state index in [0.29, 0.717) is 15.8 Å². The van der Waals surface area contributed by atoms with Crippen molar-refractivity contribution in [3.63, 3.8) is 0 Å². The van der Waals surface area contributed by atoms with Crippen molar-refractivity contribution in [1.82, 2.24) is 10.2 Å². The van der Waals surface area contributed by atoms with Crippen molar-refractivity contribution in [2.45, 2.75) is 38.8 Å². The molecule has 1 fully saturated rings. The first-order valence-electron chi connectivity index (χ1n) is 7.64. The van der Waals surface area contributed by atoms with E-state index in [1.165, 1.54) is 0 Å². The van der Waals surface area contributed by atoms with Gasteiger partial charge in [0.1, 0.15) is 5.75 Å². The molecule has 0 bridgehead atoms. The lowest BCUT2D eigenvalue weighted by molar-refractivity contribution is -0.128. The number of hydrogen-bond donors (Lipinski definition) is 1. The smallest absolute Gasteiger partial charge is 0.260 e. The summed E-state index contributed by atoms with van der Waals surface area (Å²) in [5.74, 6) is 0.357. The third-order valence-corrected chi connectivity index (χ3v) is 4.48. The van der Waals surface area contributed by atoms with Crippen molar-refractivity contribution < 1.29 is 9.53 Å². The minimum absolute atomic E-state index is 0.110. The van der Waals surface area contributed by atoms with Crippen LogP contribution in [0.4, 0.5) is 0 Å². The maximum atomic E-state index is 12.2. The summed E-state index contributed by atoms with van der Waals surface area (Å²) in [5.41, 5.74) is 0. The van der Waals surface area contributed by atoms with Gasteiger partial charge in [-0.25, -0.2) is 0 Å². The predicted octanol–water partition coefficient (Wildman–Crippen LogP) is 3.36. The molecule has 1 aliphatic rings. The largest absolute Gasteiger partial charge is 0.479 e. The number of likely N-dealkylation sites (tertiary alicyclic amines) is 1. The molecule has 6 heteroatoms. The highest BCUT2D eigenvalue weighted by molar-refractivity contribution is 6.35. The average Bonchev–Trinajstić information content (AvgIpc) is 2.50. The minimum Gasteiger partial charge on any atom is -0.479 e. The van der Waals surface area contributed by atoms with Crippen LogP contribution >= 0.6 is 23.2 Å². The number of hydrogen-bond acceptors (Lipinski definition) is 3. The Labute approximate surface area is 141 Å². The van der Waals surface area contributed by atoms with Gasteiger partial charge in [0.25, 0.3) is 5.91 Å². The van der Waals surface area contributed by atoms with Crippen LogP contribution in [0.3, 0.4) is 0 Å². The van der Waals surface area contributed by atoms with Crippen LogP contribution in [0.1, 0.15) is 26.7 Å². The van der Waals surface area contributed by atoms with Gasteiger partial charge in [-0.3, -0.25) is 4.79 Å². The van der Waals surface area contributed by atoms with Gasteiger partial charge in [-0.1, -0.05) is 30.1 Å². The summed E-state index contributed by atoms with van der Waals surface area (Å²) in [6, 6.07) is 5.19. The zero-order valence-electron chi connectivity index (χ0n) is 12.9. The summed E-state index contributed by atoms with van der Waals surface area (Å²) < 4.78 is 5.63. The standard InChI is InChI=1S/C16H22Cl2N2O2/c1-3-20-8-6-13(7-9-20)19-16(21)11(2)22-15-5-4-12(17)10-14(15)18/h4-5,10-11,13H,3,6-9H2,1-2H3,(H,19,21)/t11-/m1/s1. The van der Waals surface area contributed by atoms with Crippen molar-refractivity contribution in [2.24, 2.45) is 0 Å². The summed E-state index contributed by atoms with van der Waals surface area (Å²) >= 11 is 11.9. The lowest BCUT2D eigenvalue weighted by Crippen LogP contribution is -2.48. The molecule has 1 N–H and O–H groups in total. The molecule has 0 unspecified atom stereocenters. The Morgan fingerprint density at radius 2 is 2.09 bits per heavy atom. The highest BCUT2D eigenvalue weighted by Gasteiger charge is 2.23. The number of nitrogens with one attached hydrogen (secondary N) is 1. The van der Waals surface area contributed by atoms with Gasteiger partial charge >= 0.3 is 0 Å². The van der Waals surface area contributed by atoms with Crippen LogP contribution in [0.25, 0.3) is 0 Å². The minimum atomic E-state index is -0.595. The number of halogens is 2. The Morgan fingerprint density at radius 1 is 1.41 bits per heavy atom. The Balaban J connectivity index is 1.84. The summed E-state index contributed by atoms with van der Waals surface area (Å²) in [6.45, 7) is 7.00. The normalized spacial score (nSPS) is 18.0. The molecule has 1 atom stereocenters. The molecule has 4 nitrogen and oxygen atoms in total. The van der Waals surface area contributed by atoms with E-state index in [-0.39, 0.29) is 11.9 Å². The van der Waals surface area contributed by atoms with E-state index in [9.17, 15) is 4.79 Å². The van der Waals surface area contributed by atoms with Crippen molar-refractivity contribution in [1.29, 1.82) is 0 Å². The Kier molecular flexibility index (Phi) is 6.36. The van der Waals surface area contributed by atoms with Crippen LogP contribution in [0.5, 0.6) is 5.75 Å². The van der Waals surface area contributed by atoms with E-state index in [1.54, 1.807) is 25.1 Å². The average molecular weight is 345 g/mol. The first-order chi connectivity index (χ1) is 10.5. The quantitative estimate of drug-likeness (QED) is 0.890. The van der Waals surface area contributed by atoms with Crippen LogP contribution in [0, 0.1) is 0 Å². The number of rotatable bonds is 5. The number of nitrogens with zero attached hydrogens (tertiary/aromatic N) is 1. The van der Waals surface area contributed by atoms with Gasteiger partial charge in [-0.05, 0) is 44.5 Å². The van der Waals surface area contributed by atoms with Crippen LogP contribution < -0.4 is 10.1 Å². The second kappa shape index (κ2) is 8.04. The topological polar surface area (TPSA) is 41.6 Å². The van der Waals surface area contributed by atoms with E-state index in [1.807, 2.05) is 0 Å². The van der Waals surface area contributed by atoms with E-state index < -0.39 is 6.10 Å². The molecule has 1 aliphatic heterocycles. The highest BCUT2D eigenvalue weighted by atomic mass is 35.5. The fourth-order valence-electron chi connectivity index (χ4n) is 2.53. The van der Waals surface area contributed by atoms with Gasteiger partial charge in [0.15, 0.2) is 6.10 Å². The molecule has 1 saturated heterocycles. The lowest BCUT2D eigenvalue weighted by atomic mass is 10.0. The fraction of sp³-hybridized carbons (Fsp3) is 0.562. The zero-order chi connectivity index (χ0) is 16.1. The first kappa shape index (κ1) is 17.4. The maximum Gasteiger partial charge on any atom is 0.260 e. The van der Waals surface area contributed by atoms with Gasteiger partial charge in [-0.15, -0.1) is 0 Å². The molecule has 22 heavy (non-hydrogen) atoms. The second-order valence-corrected chi connectivity index (χ2v) is 6.40. The fourth-order valence-corrected chi connectivity index (χ4v) is 2.98. The first-order valence-corrected chi connectivity index (χ1v) is 8.39. The Hall–Kier alpha value is -0.970. The van der Waals surface area contributed by atoms with E-state index in [2.05, 4.69) is 17.1 Å². The van der Waals surface area contributed by atoms with E-state index >= 15 is 0 Å². The molecular weight excluding hydrogens is 323 g/mol. The molecule has 1 heterocycles. The van der Waals surface area contributed by atoms with Gasteiger partial charge in [0, 0.05) is 24.2 Å². The summed E-state index contributed by atoms with van der Waals surface area (Å²) in [6.07, 6.45) is 1.37. The summed E-state index contributed by atoms with van der Waals surface area (Å²) in [5, 5.41) is 4.00. The van der Waals surface area contributed by atoms with Crippen molar-refractivity contribution in [3.8, 4) is 5.75 Å². The number of piperidine rings is 1. The number of amides is 1. The zero-order valence-corrected chi connectivity index (χ0v) is 14.5. The summed E-state index contributed by atoms with van der Waals surface area (Å²) in [7, 11) is 0. The van der Waals surface area contributed by atoms with E-state index in [0.717, 1.165) is 32.5 Å². The van der Waals surface area contributed by atoms with Crippen LogP contribution in [0.15, 0.2) is 18.2 Å².